The van der Waals surface area contributed by atoms with Crippen LogP contribution in [0.5, 0.6) is 0 Å². The fourth-order valence-electron chi connectivity index (χ4n) is 3.39. The Morgan fingerprint density at radius 2 is 1.80 bits per heavy atom. The van der Waals surface area contributed by atoms with Crippen LogP contribution in [0, 0.1) is 0 Å². The predicted octanol–water partition coefficient (Wildman–Crippen LogP) is 3.38. The Kier molecular flexibility index (Phi) is 3.40. The molecule has 0 N–H and O–H groups in total. The smallest absolute Gasteiger partial charge is 0.366 e. The third-order valence-electron chi connectivity index (χ3n) is 4.46. The summed E-state index contributed by atoms with van der Waals surface area (Å²) in [5.74, 6) is 0. The van der Waals surface area contributed by atoms with Crippen molar-refractivity contribution in [1.29, 1.82) is 0 Å². The summed E-state index contributed by atoms with van der Waals surface area (Å²) in [6.07, 6.45) is -1.82. The van der Waals surface area contributed by atoms with Gasteiger partial charge in [0.25, 0.3) is 0 Å². The quantitative estimate of drug-likeness (QED) is 0.780. The molecule has 3 rings (SSSR count). The van der Waals surface area contributed by atoms with Crippen LogP contribution in [0.25, 0.3) is 0 Å². The first-order chi connectivity index (χ1) is 9.45. The Balaban J connectivity index is 1.78. The fourth-order valence-corrected chi connectivity index (χ4v) is 3.39. The number of alkyl halides is 3. The molecule has 0 aliphatic carbocycles. The molecule has 5 heteroatoms. The number of benzene rings is 1. The van der Waals surface area contributed by atoms with Crippen LogP contribution >= 0.6 is 0 Å². The van der Waals surface area contributed by atoms with Crippen LogP contribution in [-0.2, 0) is 6.18 Å². The summed E-state index contributed by atoms with van der Waals surface area (Å²) in [6, 6.07) is 6.48. The van der Waals surface area contributed by atoms with Crippen molar-refractivity contribution >= 4 is 5.69 Å². The van der Waals surface area contributed by atoms with E-state index >= 15 is 0 Å². The summed E-state index contributed by atoms with van der Waals surface area (Å²) >= 11 is 0. The van der Waals surface area contributed by atoms with E-state index in [4.69, 9.17) is 0 Å². The van der Waals surface area contributed by atoms with Crippen molar-refractivity contribution in [2.75, 3.05) is 24.5 Å². The number of nitrogens with zero attached hydrogens (tertiary/aromatic N) is 2. The van der Waals surface area contributed by atoms with Crippen molar-refractivity contribution in [2.45, 2.75) is 38.0 Å². The summed E-state index contributed by atoms with van der Waals surface area (Å²) in [6.45, 7) is 5.24. The Morgan fingerprint density at radius 1 is 1.10 bits per heavy atom. The van der Waals surface area contributed by atoms with Crippen LogP contribution in [0.1, 0.15) is 25.3 Å². The fraction of sp³-hybridized carbons (Fsp3) is 0.600. The third kappa shape index (κ3) is 2.51. The highest BCUT2D eigenvalue weighted by atomic mass is 19.4. The van der Waals surface area contributed by atoms with E-state index in [0.29, 0.717) is 12.1 Å². The molecule has 2 aliphatic rings. The van der Waals surface area contributed by atoms with E-state index in [9.17, 15) is 13.2 Å². The lowest BCUT2D eigenvalue weighted by Crippen LogP contribution is -2.55. The van der Waals surface area contributed by atoms with Gasteiger partial charge in [-0.3, -0.25) is 4.90 Å². The molecular formula is C15H19F3N2. The van der Waals surface area contributed by atoms with Crippen LogP contribution in [0.3, 0.4) is 0 Å². The van der Waals surface area contributed by atoms with E-state index in [0.717, 1.165) is 25.3 Å². The first-order valence-electron chi connectivity index (χ1n) is 7.13. The van der Waals surface area contributed by atoms with Gasteiger partial charge in [0.2, 0.25) is 0 Å². The van der Waals surface area contributed by atoms with Gasteiger partial charge in [-0.15, -0.1) is 0 Å². The maximum Gasteiger partial charge on any atom is 0.416 e. The number of rotatable bonds is 1. The first kappa shape index (κ1) is 13.7. The lowest BCUT2D eigenvalue weighted by molar-refractivity contribution is -0.137. The van der Waals surface area contributed by atoms with Gasteiger partial charge in [0.05, 0.1) is 5.56 Å². The Morgan fingerprint density at radius 3 is 2.45 bits per heavy atom. The molecule has 0 amide bonds. The zero-order valence-electron chi connectivity index (χ0n) is 11.5. The minimum Gasteiger partial charge on any atom is -0.366 e. The van der Waals surface area contributed by atoms with E-state index in [1.807, 2.05) is 0 Å². The second kappa shape index (κ2) is 4.95. The third-order valence-corrected chi connectivity index (χ3v) is 4.46. The maximum atomic E-state index is 12.6. The second-order valence-corrected chi connectivity index (χ2v) is 5.84. The second-order valence-electron chi connectivity index (χ2n) is 5.84. The van der Waals surface area contributed by atoms with Gasteiger partial charge in [0.1, 0.15) is 0 Å². The Bertz CT molecular complexity index is 469. The highest BCUT2D eigenvalue weighted by Gasteiger charge is 2.35. The van der Waals surface area contributed by atoms with Gasteiger partial charge in [-0.05, 0) is 50.6 Å². The highest BCUT2D eigenvalue weighted by molar-refractivity contribution is 5.49. The molecule has 2 atom stereocenters. The molecule has 2 unspecified atom stereocenters. The number of fused-ring (bicyclic) bond motifs is 1. The molecule has 1 aromatic carbocycles. The van der Waals surface area contributed by atoms with Crippen LogP contribution < -0.4 is 4.90 Å². The van der Waals surface area contributed by atoms with Crippen molar-refractivity contribution in [2.24, 2.45) is 0 Å². The molecule has 2 saturated heterocycles. The number of hydrogen-bond donors (Lipinski definition) is 0. The van der Waals surface area contributed by atoms with Crippen molar-refractivity contribution < 1.29 is 13.2 Å². The average Bonchev–Trinajstić information content (AvgIpc) is 2.84. The number of hydrogen-bond acceptors (Lipinski definition) is 2. The maximum absolute atomic E-state index is 12.6. The van der Waals surface area contributed by atoms with E-state index in [2.05, 4.69) is 16.7 Å². The van der Waals surface area contributed by atoms with E-state index in [-0.39, 0.29) is 0 Å². The van der Waals surface area contributed by atoms with Crippen molar-refractivity contribution in [3.8, 4) is 0 Å². The molecule has 110 valence electrons. The lowest BCUT2D eigenvalue weighted by Gasteiger charge is -2.43. The standard InChI is InChI=1S/C15H19F3N2/c1-11-9-19-8-2-3-14(19)10-20(11)13-6-4-12(5-7-13)15(16,17)18/h4-7,11,14H,2-3,8-10H2,1H3. The highest BCUT2D eigenvalue weighted by Crippen LogP contribution is 2.32. The largest absolute Gasteiger partial charge is 0.416 e. The summed E-state index contributed by atoms with van der Waals surface area (Å²) in [5, 5.41) is 0. The molecule has 0 radical (unpaired) electrons. The SMILES string of the molecule is CC1CN2CCCC2CN1c1ccc(C(F)(F)F)cc1. The molecular weight excluding hydrogens is 265 g/mol. The summed E-state index contributed by atoms with van der Waals surface area (Å²) in [5.41, 5.74) is 0.324. The monoisotopic (exact) mass is 284 g/mol. The van der Waals surface area contributed by atoms with Crippen molar-refractivity contribution in [1.82, 2.24) is 4.90 Å². The lowest BCUT2D eigenvalue weighted by atomic mass is 10.1. The molecule has 0 aromatic heterocycles. The van der Waals surface area contributed by atoms with E-state index < -0.39 is 11.7 Å². The van der Waals surface area contributed by atoms with E-state index in [1.54, 1.807) is 12.1 Å². The average molecular weight is 284 g/mol. The normalized spacial score (nSPS) is 27.7. The van der Waals surface area contributed by atoms with Crippen LogP contribution in [0.15, 0.2) is 24.3 Å². The molecule has 0 saturated carbocycles. The van der Waals surface area contributed by atoms with Gasteiger partial charge in [-0.2, -0.15) is 13.2 Å². The van der Waals surface area contributed by atoms with Gasteiger partial charge < -0.3 is 4.90 Å². The molecule has 2 nitrogen and oxygen atoms in total. The molecule has 0 bridgehead atoms. The summed E-state index contributed by atoms with van der Waals surface area (Å²) < 4.78 is 37.8. The zero-order valence-corrected chi connectivity index (χ0v) is 11.5. The minimum absolute atomic E-state index is 0.348. The number of piperazine rings is 1. The Labute approximate surface area is 117 Å². The van der Waals surface area contributed by atoms with E-state index in [1.165, 1.54) is 25.0 Å². The molecule has 2 fully saturated rings. The first-order valence-corrected chi connectivity index (χ1v) is 7.13. The van der Waals surface area contributed by atoms with Gasteiger partial charge in [-0.25, -0.2) is 0 Å². The molecule has 20 heavy (non-hydrogen) atoms. The van der Waals surface area contributed by atoms with Crippen molar-refractivity contribution in [3.63, 3.8) is 0 Å². The Hall–Kier alpha value is -1.23. The molecule has 2 aliphatic heterocycles. The molecule has 1 aromatic rings. The van der Waals surface area contributed by atoms with Crippen LogP contribution in [-0.4, -0.2) is 36.6 Å². The van der Waals surface area contributed by atoms with Gasteiger partial charge in [-0.1, -0.05) is 0 Å². The number of halogens is 3. The summed E-state index contributed by atoms with van der Waals surface area (Å²) in [7, 11) is 0. The zero-order chi connectivity index (χ0) is 14.3. The van der Waals surface area contributed by atoms with Gasteiger partial charge in [0, 0.05) is 30.9 Å². The molecule has 0 spiro atoms. The molecule has 2 heterocycles. The van der Waals surface area contributed by atoms with Crippen LogP contribution in [0.2, 0.25) is 0 Å². The number of anilines is 1. The predicted molar refractivity (Wildman–Crippen MR) is 72.8 cm³/mol. The van der Waals surface area contributed by atoms with Crippen LogP contribution in [0.4, 0.5) is 18.9 Å². The van der Waals surface area contributed by atoms with Gasteiger partial charge in [0.15, 0.2) is 0 Å². The topological polar surface area (TPSA) is 6.48 Å². The van der Waals surface area contributed by atoms with Crippen molar-refractivity contribution in [3.05, 3.63) is 29.8 Å². The summed E-state index contributed by atoms with van der Waals surface area (Å²) in [4.78, 5) is 4.75. The van der Waals surface area contributed by atoms with Gasteiger partial charge >= 0.3 is 6.18 Å². The minimum atomic E-state index is -4.26.